The van der Waals surface area contributed by atoms with Gasteiger partial charge in [-0.25, -0.2) is 14.6 Å². The summed E-state index contributed by atoms with van der Waals surface area (Å²) in [6.07, 6.45) is 7.35. The number of aryl methyl sites for hydroxylation is 1. The van der Waals surface area contributed by atoms with Gasteiger partial charge >= 0.3 is 0 Å². The lowest BCUT2D eigenvalue weighted by molar-refractivity contribution is 0.660. The highest BCUT2D eigenvalue weighted by atomic mass is 32.1. The Labute approximate surface area is 145 Å². The number of hydrogen-bond donors (Lipinski definition) is 1. The molecule has 1 N–H and O–H groups in total. The number of aromatic nitrogens is 9. The van der Waals surface area contributed by atoms with Crippen LogP contribution in [0, 0.1) is 0 Å². The fourth-order valence-electron chi connectivity index (χ4n) is 2.69. The Morgan fingerprint density at radius 2 is 2.24 bits per heavy atom. The summed E-state index contributed by atoms with van der Waals surface area (Å²) in [5.41, 5.74) is 3.85. The number of aromatic amines is 1. The van der Waals surface area contributed by atoms with Crippen molar-refractivity contribution >= 4 is 32.8 Å². The van der Waals surface area contributed by atoms with Gasteiger partial charge in [0.1, 0.15) is 5.52 Å². The van der Waals surface area contributed by atoms with Crippen LogP contribution < -0.4 is 0 Å². The molecule has 124 valence electrons. The second kappa shape index (κ2) is 5.45. The molecule has 0 bridgehead atoms. The number of nitrogens with one attached hydrogen (secondary N) is 1. The molecule has 0 atom stereocenters. The first kappa shape index (κ1) is 14.2. The second-order valence-electron chi connectivity index (χ2n) is 5.58. The molecule has 9 nitrogen and oxygen atoms in total. The third-order valence-electron chi connectivity index (χ3n) is 3.96. The minimum Gasteiger partial charge on any atom is -0.284 e. The Balaban J connectivity index is 1.54. The molecule has 25 heavy (non-hydrogen) atoms. The van der Waals surface area contributed by atoms with Crippen molar-refractivity contribution in [2.45, 2.75) is 20.0 Å². The van der Waals surface area contributed by atoms with Gasteiger partial charge in [0, 0.05) is 29.4 Å². The average molecular weight is 351 g/mol. The summed E-state index contributed by atoms with van der Waals surface area (Å²) in [4.78, 5) is 10.2. The summed E-state index contributed by atoms with van der Waals surface area (Å²) >= 11 is 1.67. The predicted octanol–water partition coefficient (Wildman–Crippen LogP) is 2.09. The summed E-state index contributed by atoms with van der Waals surface area (Å²) in [5, 5.41) is 19.7. The number of fused-ring (bicyclic) bond motifs is 2. The fourth-order valence-corrected chi connectivity index (χ4v) is 3.65. The zero-order chi connectivity index (χ0) is 16.8. The van der Waals surface area contributed by atoms with Gasteiger partial charge in [-0.3, -0.25) is 9.78 Å². The van der Waals surface area contributed by atoms with Crippen LogP contribution >= 0.6 is 11.3 Å². The lowest BCUT2D eigenvalue weighted by Gasteiger charge is -2.00. The van der Waals surface area contributed by atoms with E-state index in [0.717, 1.165) is 32.9 Å². The van der Waals surface area contributed by atoms with Crippen molar-refractivity contribution in [1.29, 1.82) is 0 Å². The van der Waals surface area contributed by atoms with Crippen molar-refractivity contribution in [2.24, 2.45) is 0 Å². The number of rotatable bonds is 4. The van der Waals surface area contributed by atoms with E-state index < -0.39 is 0 Å². The van der Waals surface area contributed by atoms with E-state index in [1.165, 1.54) is 0 Å². The zero-order valence-electron chi connectivity index (χ0n) is 13.3. The van der Waals surface area contributed by atoms with Crippen molar-refractivity contribution in [3.63, 3.8) is 0 Å². The summed E-state index contributed by atoms with van der Waals surface area (Å²) in [7, 11) is 0. The van der Waals surface area contributed by atoms with E-state index in [-0.39, 0.29) is 0 Å². The van der Waals surface area contributed by atoms with E-state index in [0.29, 0.717) is 17.8 Å². The van der Waals surface area contributed by atoms with Gasteiger partial charge in [-0.2, -0.15) is 10.2 Å². The molecule has 0 saturated carbocycles. The normalized spacial score (nSPS) is 11.7. The van der Waals surface area contributed by atoms with Crippen molar-refractivity contribution in [1.82, 2.24) is 44.9 Å². The van der Waals surface area contributed by atoms with E-state index in [1.807, 2.05) is 30.1 Å². The van der Waals surface area contributed by atoms with E-state index in [4.69, 9.17) is 4.98 Å². The van der Waals surface area contributed by atoms with E-state index in [1.54, 1.807) is 28.4 Å². The zero-order valence-corrected chi connectivity index (χ0v) is 14.1. The molecular weight excluding hydrogens is 338 g/mol. The maximum absolute atomic E-state index is 4.70. The van der Waals surface area contributed by atoms with Crippen LogP contribution in [0.5, 0.6) is 0 Å². The number of hydrogen-bond acceptors (Lipinski definition) is 7. The lowest BCUT2D eigenvalue weighted by atomic mass is 10.3. The maximum Gasteiger partial charge on any atom is 0.221 e. The molecule has 0 unspecified atom stereocenters. The van der Waals surface area contributed by atoms with Gasteiger partial charge < -0.3 is 0 Å². The van der Waals surface area contributed by atoms with Crippen molar-refractivity contribution in [3.8, 4) is 11.3 Å². The molecule has 0 spiro atoms. The Bertz CT molecular complexity index is 1150. The van der Waals surface area contributed by atoms with Crippen LogP contribution in [0.4, 0.5) is 0 Å². The summed E-state index contributed by atoms with van der Waals surface area (Å²) in [6, 6.07) is 2.05. The monoisotopic (exact) mass is 351 g/mol. The highest BCUT2D eigenvalue weighted by Crippen LogP contribution is 2.25. The van der Waals surface area contributed by atoms with Gasteiger partial charge in [-0.05, 0) is 13.0 Å². The Hall–Kier alpha value is -3.14. The molecule has 0 amide bonds. The van der Waals surface area contributed by atoms with Gasteiger partial charge in [0.25, 0.3) is 0 Å². The van der Waals surface area contributed by atoms with Gasteiger partial charge in [0.2, 0.25) is 5.65 Å². The highest BCUT2D eigenvalue weighted by Gasteiger charge is 2.13. The minimum absolute atomic E-state index is 0.536. The molecular formula is C15H13N9S. The second-order valence-corrected chi connectivity index (χ2v) is 6.75. The van der Waals surface area contributed by atoms with E-state index >= 15 is 0 Å². The Morgan fingerprint density at radius 1 is 1.28 bits per heavy atom. The SMILES string of the molecule is CCn1cc(-c2cnc3nnn(Cc4cc5n[nH]cc5s4)c3n2)cn1. The van der Waals surface area contributed by atoms with Crippen LogP contribution in [-0.4, -0.2) is 44.9 Å². The van der Waals surface area contributed by atoms with Crippen molar-refractivity contribution in [2.75, 3.05) is 0 Å². The summed E-state index contributed by atoms with van der Waals surface area (Å²) < 4.78 is 4.75. The third kappa shape index (κ3) is 2.38. The van der Waals surface area contributed by atoms with Gasteiger partial charge in [-0.1, -0.05) is 5.21 Å². The molecule has 0 aliphatic carbocycles. The molecule has 5 aromatic rings. The molecule has 0 radical (unpaired) electrons. The van der Waals surface area contributed by atoms with Crippen LogP contribution in [-0.2, 0) is 13.1 Å². The first-order valence-corrected chi connectivity index (χ1v) is 8.63. The van der Waals surface area contributed by atoms with Crippen LogP contribution in [0.1, 0.15) is 11.8 Å². The van der Waals surface area contributed by atoms with Crippen molar-refractivity contribution < 1.29 is 0 Å². The first-order chi connectivity index (χ1) is 12.3. The van der Waals surface area contributed by atoms with Crippen LogP contribution in [0.3, 0.4) is 0 Å². The highest BCUT2D eigenvalue weighted by molar-refractivity contribution is 7.19. The predicted molar refractivity (Wildman–Crippen MR) is 93.1 cm³/mol. The number of thiophene rings is 1. The van der Waals surface area contributed by atoms with Gasteiger partial charge in [0.15, 0.2) is 5.65 Å². The summed E-state index contributed by atoms with van der Waals surface area (Å²) in [6.45, 7) is 3.45. The number of nitrogens with zero attached hydrogens (tertiary/aromatic N) is 8. The smallest absolute Gasteiger partial charge is 0.221 e. The molecule has 5 heterocycles. The quantitative estimate of drug-likeness (QED) is 0.532. The molecule has 10 heteroatoms. The van der Waals surface area contributed by atoms with E-state index in [9.17, 15) is 0 Å². The molecule has 5 rings (SSSR count). The Kier molecular flexibility index (Phi) is 3.10. The molecule has 0 aromatic carbocycles. The molecule has 0 saturated heterocycles. The van der Waals surface area contributed by atoms with Crippen LogP contribution in [0.2, 0.25) is 0 Å². The molecule has 5 aromatic heterocycles. The van der Waals surface area contributed by atoms with Gasteiger partial charge in [0.05, 0.1) is 29.3 Å². The molecule has 0 fully saturated rings. The topological polar surface area (TPSA) is 103 Å². The van der Waals surface area contributed by atoms with E-state index in [2.05, 4.69) is 30.6 Å². The standard InChI is InChI=1S/C15H13N9S/c1-2-23-7-9(4-18-23)12-5-16-14-15(19-12)24(22-21-14)8-10-3-11-13(25-10)6-17-20-11/h3-7H,2,8H2,1H3,(H,17,20). The van der Waals surface area contributed by atoms with Crippen molar-refractivity contribution in [3.05, 3.63) is 35.7 Å². The number of H-pyrrole nitrogens is 1. The summed E-state index contributed by atoms with van der Waals surface area (Å²) in [5.74, 6) is 0. The average Bonchev–Trinajstić information content (AvgIpc) is 3.38. The fraction of sp³-hybridized carbons (Fsp3) is 0.200. The first-order valence-electron chi connectivity index (χ1n) is 7.81. The maximum atomic E-state index is 4.70. The third-order valence-corrected chi connectivity index (χ3v) is 5.01. The largest absolute Gasteiger partial charge is 0.284 e. The van der Waals surface area contributed by atoms with Crippen LogP contribution in [0.15, 0.2) is 30.9 Å². The molecule has 0 aliphatic rings. The molecule has 0 aliphatic heterocycles. The minimum atomic E-state index is 0.536. The van der Waals surface area contributed by atoms with Gasteiger partial charge in [-0.15, -0.1) is 16.4 Å². The van der Waals surface area contributed by atoms with Crippen LogP contribution in [0.25, 0.3) is 32.8 Å². The lowest BCUT2D eigenvalue weighted by Crippen LogP contribution is -2.02. The Morgan fingerprint density at radius 3 is 3.08 bits per heavy atom.